The van der Waals surface area contributed by atoms with Gasteiger partial charge in [-0.1, -0.05) is 19.8 Å². The lowest BCUT2D eigenvalue weighted by Crippen LogP contribution is -2.40. The minimum absolute atomic E-state index is 0.0833. The molecule has 1 rings (SSSR count). The summed E-state index contributed by atoms with van der Waals surface area (Å²) in [6.07, 6.45) is 6.04. The van der Waals surface area contributed by atoms with E-state index in [1.807, 2.05) is 12.9 Å². The maximum atomic E-state index is 10.2. The lowest BCUT2D eigenvalue weighted by Gasteiger charge is -2.35. The van der Waals surface area contributed by atoms with Crippen LogP contribution in [0.25, 0.3) is 0 Å². The van der Waals surface area contributed by atoms with Crippen LogP contribution in [0.2, 0.25) is 0 Å². The Morgan fingerprint density at radius 1 is 1.64 bits per heavy atom. The molecule has 0 aromatic rings. The minimum atomic E-state index is -0.0833. The quantitative estimate of drug-likeness (QED) is 0.577. The van der Waals surface area contributed by atoms with E-state index >= 15 is 0 Å². The molecular weight excluding hydrogens is 138 g/mol. The molecule has 1 saturated carbocycles. The third kappa shape index (κ3) is 1.70. The van der Waals surface area contributed by atoms with Crippen LogP contribution in [-0.4, -0.2) is 12.0 Å². The maximum Gasteiger partial charge on any atom is 0.120 e. The first-order chi connectivity index (χ1) is 5.19. The highest BCUT2D eigenvalue weighted by Gasteiger charge is 2.31. The van der Waals surface area contributed by atoms with E-state index < -0.39 is 0 Å². The van der Waals surface area contributed by atoms with Gasteiger partial charge in [-0.05, 0) is 12.8 Å². The standard InChI is InChI=1S/C9H15NO/c1-9(6-7-11)5-3-2-4-8(9)10/h6,8H,2-5,10H2,1H3. The van der Waals surface area contributed by atoms with Crippen LogP contribution in [0.5, 0.6) is 0 Å². The average Bonchev–Trinajstić information content (AvgIpc) is 1.96. The molecule has 2 nitrogen and oxygen atoms in total. The van der Waals surface area contributed by atoms with Gasteiger partial charge in [0.15, 0.2) is 0 Å². The second-order valence-electron chi connectivity index (χ2n) is 3.62. The third-order valence-electron chi connectivity index (χ3n) is 2.72. The predicted molar refractivity (Wildman–Crippen MR) is 44.8 cm³/mol. The fraction of sp³-hybridized carbons (Fsp3) is 0.778. The summed E-state index contributed by atoms with van der Waals surface area (Å²) in [4.78, 5) is 10.2. The normalized spacial score (nSPS) is 37.8. The summed E-state index contributed by atoms with van der Waals surface area (Å²) in [7, 11) is 0. The van der Waals surface area contributed by atoms with Gasteiger partial charge >= 0.3 is 0 Å². The molecule has 2 atom stereocenters. The van der Waals surface area contributed by atoms with Crippen molar-refractivity contribution >= 4 is 5.94 Å². The second-order valence-corrected chi connectivity index (χ2v) is 3.62. The lowest BCUT2D eigenvalue weighted by molar-refractivity contribution is 0.241. The number of rotatable bonds is 1. The van der Waals surface area contributed by atoms with Gasteiger partial charge in [0.25, 0.3) is 0 Å². The zero-order valence-corrected chi connectivity index (χ0v) is 6.97. The summed E-state index contributed by atoms with van der Waals surface area (Å²) in [5, 5.41) is 0. The van der Waals surface area contributed by atoms with Gasteiger partial charge in [-0.25, -0.2) is 4.79 Å². The monoisotopic (exact) mass is 153 g/mol. The third-order valence-corrected chi connectivity index (χ3v) is 2.72. The molecule has 0 bridgehead atoms. The Balaban J connectivity index is 2.72. The van der Waals surface area contributed by atoms with Crippen LogP contribution in [0.15, 0.2) is 6.08 Å². The highest BCUT2D eigenvalue weighted by Crippen LogP contribution is 2.35. The van der Waals surface area contributed by atoms with E-state index in [0.717, 1.165) is 12.8 Å². The number of nitrogens with two attached hydrogens (primary N) is 1. The van der Waals surface area contributed by atoms with Crippen LogP contribution in [-0.2, 0) is 4.79 Å². The van der Waals surface area contributed by atoms with Crippen molar-refractivity contribution < 1.29 is 4.79 Å². The van der Waals surface area contributed by atoms with E-state index in [1.54, 1.807) is 6.08 Å². The summed E-state index contributed by atoms with van der Waals surface area (Å²) in [6.45, 7) is 2.04. The Morgan fingerprint density at radius 2 is 2.36 bits per heavy atom. The first kappa shape index (κ1) is 8.51. The summed E-state index contributed by atoms with van der Waals surface area (Å²) >= 11 is 0. The molecule has 62 valence electrons. The molecule has 0 spiro atoms. The van der Waals surface area contributed by atoms with Crippen molar-refractivity contribution in [3.05, 3.63) is 6.08 Å². The van der Waals surface area contributed by atoms with Crippen LogP contribution < -0.4 is 5.73 Å². The number of carbonyl (C=O) groups excluding carboxylic acids is 1. The van der Waals surface area contributed by atoms with Gasteiger partial charge in [0.2, 0.25) is 0 Å². The zero-order valence-electron chi connectivity index (χ0n) is 6.97. The van der Waals surface area contributed by atoms with Crippen LogP contribution in [0.3, 0.4) is 0 Å². The van der Waals surface area contributed by atoms with Crippen molar-refractivity contribution in [3.8, 4) is 0 Å². The van der Waals surface area contributed by atoms with Crippen molar-refractivity contribution in [1.29, 1.82) is 0 Å². The molecular formula is C9H15NO. The molecule has 0 heterocycles. The van der Waals surface area contributed by atoms with Gasteiger partial charge < -0.3 is 5.73 Å². The summed E-state index contributed by atoms with van der Waals surface area (Å²) < 4.78 is 0. The number of hydrogen-bond acceptors (Lipinski definition) is 2. The smallest absolute Gasteiger partial charge is 0.120 e. The molecule has 2 N–H and O–H groups in total. The predicted octanol–water partition coefficient (Wildman–Crippen LogP) is 1.28. The van der Waals surface area contributed by atoms with E-state index in [9.17, 15) is 4.79 Å². The van der Waals surface area contributed by atoms with E-state index in [0.29, 0.717) is 0 Å². The zero-order chi connectivity index (χ0) is 8.32. The minimum Gasteiger partial charge on any atom is -0.327 e. The highest BCUT2D eigenvalue weighted by molar-refractivity contribution is 5.47. The van der Waals surface area contributed by atoms with Crippen molar-refractivity contribution in [1.82, 2.24) is 0 Å². The molecule has 11 heavy (non-hydrogen) atoms. The van der Waals surface area contributed by atoms with Crippen LogP contribution in [0.1, 0.15) is 32.6 Å². The van der Waals surface area contributed by atoms with Gasteiger partial charge in [-0.3, -0.25) is 0 Å². The fourth-order valence-corrected chi connectivity index (χ4v) is 1.70. The molecule has 0 aromatic heterocycles. The van der Waals surface area contributed by atoms with Gasteiger partial charge in [0, 0.05) is 17.5 Å². The average molecular weight is 153 g/mol. The molecule has 0 aromatic carbocycles. The van der Waals surface area contributed by atoms with E-state index in [2.05, 4.69) is 0 Å². The molecule has 0 saturated heterocycles. The van der Waals surface area contributed by atoms with E-state index in [-0.39, 0.29) is 11.5 Å². The summed E-state index contributed by atoms with van der Waals surface area (Å²) in [6, 6.07) is 0.151. The van der Waals surface area contributed by atoms with Crippen molar-refractivity contribution in [3.63, 3.8) is 0 Å². The Morgan fingerprint density at radius 3 is 2.91 bits per heavy atom. The molecule has 2 unspecified atom stereocenters. The van der Waals surface area contributed by atoms with Crippen molar-refractivity contribution in [2.45, 2.75) is 38.6 Å². The maximum absolute atomic E-state index is 10.2. The van der Waals surface area contributed by atoms with Gasteiger partial charge in [-0.15, -0.1) is 0 Å². The fourth-order valence-electron chi connectivity index (χ4n) is 1.70. The van der Waals surface area contributed by atoms with Crippen LogP contribution in [0.4, 0.5) is 0 Å². The lowest BCUT2D eigenvalue weighted by atomic mass is 9.72. The Hall–Kier alpha value is -0.590. The molecule has 1 fully saturated rings. The molecule has 1 aliphatic carbocycles. The van der Waals surface area contributed by atoms with Gasteiger partial charge in [0.1, 0.15) is 5.94 Å². The largest absolute Gasteiger partial charge is 0.327 e. The topological polar surface area (TPSA) is 43.1 Å². The summed E-state index contributed by atoms with van der Waals surface area (Å²) in [5.41, 5.74) is 5.81. The Bertz CT molecular complexity index is 184. The molecule has 0 aliphatic heterocycles. The van der Waals surface area contributed by atoms with Gasteiger partial charge in [0.05, 0.1) is 0 Å². The van der Waals surface area contributed by atoms with Crippen molar-refractivity contribution in [2.24, 2.45) is 11.1 Å². The van der Waals surface area contributed by atoms with E-state index in [4.69, 9.17) is 5.73 Å². The Kier molecular flexibility index (Phi) is 2.48. The molecule has 1 aliphatic rings. The first-order valence-electron chi connectivity index (χ1n) is 4.17. The first-order valence-corrected chi connectivity index (χ1v) is 4.17. The molecule has 0 amide bonds. The van der Waals surface area contributed by atoms with E-state index in [1.165, 1.54) is 12.8 Å². The molecule has 0 radical (unpaired) electrons. The Labute approximate surface area is 67.5 Å². The van der Waals surface area contributed by atoms with Gasteiger partial charge in [-0.2, -0.15) is 0 Å². The summed E-state index contributed by atoms with van der Waals surface area (Å²) in [5.74, 6) is 1.85. The molecule has 2 heteroatoms. The highest BCUT2D eigenvalue weighted by atomic mass is 16.1. The van der Waals surface area contributed by atoms with Crippen molar-refractivity contribution in [2.75, 3.05) is 0 Å². The SMILES string of the molecule is CC1(C=C=O)CCCCC1N. The van der Waals surface area contributed by atoms with Crippen LogP contribution >= 0.6 is 0 Å². The second kappa shape index (κ2) is 3.21. The van der Waals surface area contributed by atoms with Crippen LogP contribution in [0, 0.1) is 5.41 Å². The number of hydrogen-bond donors (Lipinski definition) is 1.